The van der Waals surface area contributed by atoms with Crippen molar-refractivity contribution in [2.24, 2.45) is 17.3 Å². The Morgan fingerprint density at radius 1 is 1.08 bits per heavy atom. The number of ether oxygens (including phenoxy) is 3. The topological polar surface area (TPSA) is 175 Å². The summed E-state index contributed by atoms with van der Waals surface area (Å²) in [5.74, 6) is -0.353. The van der Waals surface area contributed by atoms with Crippen molar-refractivity contribution in [2.75, 3.05) is 32.1 Å². The first kappa shape index (κ1) is 43.0. The van der Waals surface area contributed by atoms with E-state index in [0.29, 0.717) is 66.7 Å². The summed E-state index contributed by atoms with van der Waals surface area (Å²) in [5.41, 5.74) is 2.08. The number of amides is 3. The molecule has 2 saturated heterocycles. The van der Waals surface area contributed by atoms with Crippen molar-refractivity contribution >= 4 is 29.3 Å². The van der Waals surface area contributed by atoms with Gasteiger partial charge in [0.2, 0.25) is 5.91 Å². The molecule has 5 N–H and O–H groups in total. The Labute approximate surface area is 345 Å². The second kappa shape index (κ2) is 17.5. The fourth-order valence-corrected chi connectivity index (χ4v) is 8.26. The number of alkyl halides is 3. The molecule has 6 atom stereocenters. The molecule has 2 aromatic rings. The molecular weight excluding hydrogens is 789 g/mol. The first-order valence-corrected chi connectivity index (χ1v) is 20.4. The van der Waals surface area contributed by atoms with Crippen LogP contribution in [0.2, 0.25) is 0 Å². The first-order chi connectivity index (χ1) is 28.5. The van der Waals surface area contributed by atoms with Gasteiger partial charge in [0, 0.05) is 32.3 Å². The lowest BCUT2D eigenvalue weighted by Gasteiger charge is -2.30. The number of halogens is 4. The number of methoxy groups -OCH3 is 1. The monoisotopic (exact) mass is 840 g/mol. The molecule has 18 heteroatoms. The van der Waals surface area contributed by atoms with E-state index in [1.807, 2.05) is 13.8 Å². The molecule has 2 aliphatic heterocycles. The van der Waals surface area contributed by atoms with Gasteiger partial charge in [-0.05, 0) is 84.3 Å². The van der Waals surface area contributed by atoms with Crippen LogP contribution in [0.4, 0.5) is 28.2 Å². The van der Waals surface area contributed by atoms with E-state index in [2.05, 4.69) is 54.8 Å². The molecule has 324 valence electrons. The number of pyridine rings is 1. The third kappa shape index (κ3) is 10.1. The molecule has 3 fully saturated rings. The fraction of sp³-hybridized carbons (Fsp3) is 0.548. The number of hydrogen-bond donors (Lipinski definition) is 5. The zero-order chi connectivity index (χ0) is 42.9. The Morgan fingerprint density at radius 2 is 1.83 bits per heavy atom. The number of allylic oxidation sites excluding steroid dienone is 5. The molecule has 3 aliphatic carbocycles. The van der Waals surface area contributed by atoms with Gasteiger partial charge >= 0.3 is 12.5 Å². The van der Waals surface area contributed by atoms with Crippen LogP contribution in [0.25, 0.3) is 5.57 Å². The Morgan fingerprint density at radius 3 is 2.48 bits per heavy atom. The number of likely N-dealkylation sites (tertiary alicyclic amines) is 1. The zero-order valence-corrected chi connectivity index (χ0v) is 34.2. The van der Waals surface area contributed by atoms with Crippen LogP contribution in [-0.4, -0.2) is 95.3 Å². The van der Waals surface area contributed by atoms with Crippen LogP contribution in [0.5, 0.6) is 0 Å². The number of rotatable bonds is 15. The molecule has 0 bridgehead atoms. The van der Waals surface area contributed by atoms with E-state index in [1.54, 1.807) is 29.3 Å². The number of epoxide rings is 1. The van der Waals surface area contributed by atoms with E-state index in [0.717, 1.165) is 18.1 Å². The van der Waals surface area contributed by atoms with Crippen LogP contribution < -0.4 is 21.3 Å². The molecule has 1 saturated carbocycles. The standard InChI is InChI=1S/C42H52F4N8O6/c1-22(2)34(53-40(57)58-5)39(56)54-16-6-7-31(54)36-50-21-30(51-36)24-10-8-23(9-11-24)26-17-28(43)29(18-32(26)60-42(44,45)46)52-37(55)25-12-13-33(49-20-25)47-14-15-48-38-35(59-38)27-19-41(27,3)4/h8,10,12-13,17,20-22,27,31-32,34-35,38,48H,6-7,9,11,14-16,18-19H2,1-5H3,(H,47,49)(H,50,51)(H,52,55)(H,53,57). The maximum absolute atomic E-state index is 15.6. The largest absolute Gasteiger partial charge is 0.523 e. The Balaban J connectivity index is 0.975. The van der Waals surface area contributed by atoms with E-state index < -0.39 is 42.8 Å². The average Bonchev–Trinajstić information content (AvgIpc) is 3.90. The van der Waals surface area contributed by atoms with Crippen LogP contribution in [0.15, 0.2) is 65.4 Å². The van der Waals surface area contributed by atoms with E-state index in [-0.39, 0.29) is 53.5 Å². The maximum atomic E-state index is 15.6. The van der Waals surface area contributed by atoms with Crippen molar-refractivity contribution in [1.29, 1.82) is 0 Å². The summed E-state index contributed by atoms with van der Waals surface area (Å²) >= 11 is 0. The molecule has 0 radical (unpaired) electrons. The highest BCUT2D eigenvalue weighted by atomic mass is 19.4. The molecule has 14 nitrogen and oxygen atoms in total. The van der Waals surface area contributed by atoms with Gasteiger partial charge in [0.1, 0.15) is 35.8 Å². The van der Waals surface area contributed by atoms with Gasteiger partial charge in [0.15, 0.2) is 0 Å². The van der Waals surface area contributed by atoms with E-state index in [9.17, 15) is 27.6 Å². The van der Waals surface area contributed by atoms with E-state index >= 15 is 4.39 Å². The highest BCUT2D eigenvalue weighted by molar-refractivity contribution is 5.95. The van der Waals surface area contributed by atoms with E-state index in [1.165, 1.54) is 25.8 Å². The number of H-pyrrole nitrogens is 1. The van der Waals surface area contributed by atoms with Crippen molar-refractivity contribution in [3.63, 3.8) is 0 Å². The number of aromatic amines is 1. The van der Waals surface area contributed by atoms with Crippen LogP contribution in [0, 0.1) is 17.3 Å². The summed E-state index contributed by atoms with van der Waals surface area (Å²) in [5, 5.41) is 11.6. The van der Waals surface area contributed by atoms with Gasteiger partial charge in [-0.25, -0.2) is 19.2 Å². The summed E-state index contributed by atoms with van der Waals surface area (Å²) in [4.78, 5) is 52.4. The van der Waals surface area contributed by atoms with Gasteiger partial charge < -0.3 is 35.3 Å². The first-order valence-electron chi connectivity index (χ1n) is 20.4. The molecule has 7 rings (SSSR count). The molecule has 0 aromatic carbocycles. The molecule has 0 spiro atoms. The Kier molecular flexibility index (Phi) is 12.5. The van der Waals surface area contributed by atoms with Crippen LogP contribution >= 0.6 is 0 Å². The van der Waals surface area contributed by atoms with Gasteiger partial charge in [-0.2, -0.15) is 0 Å². The van der Waals surface area contributed by atoms with Gasteiger partial charge in [0.05, 0.1) is 42.4 Å². The van der Waals surface area contributed by atoms with Gasteiger partial charge in [-0.3, -0.25) is 19.6 Å². The second-order valence-electron chi connectivity index (χ2n) is 16.9. The Bertz CT molecular complexity index is 2080. The SMILES string of the molecule is COC(=O)NC(C(=O)N1CCCC1c1ncc(C2=CC=C(C3=CC(F)=C(NC(=O)c4ccc(NCCNC5OC5C5CC5(C)C)nc4)CC3OC(F)(F)F)CC2)[nH]1)C(C)C. The number of nitrogens with one attached hydrogen (secondary N) is 5. The summed E-state index contributed by atoms with van der Waals surface area (Å²) in [6.45, 7) is 9.84. The molecule has 5 aliphatic rings. The van der Waals surface area contributed by atoms with Gasteiger partial charge in [-0.15, -0.1) is 13.2 Å². The number of aromatic nitrogens is 3. The molecule has 3 amide bonds. The van der Waals surface area contributed by atoms with Crippen molar-refractivity contribution in [1.82, 2.24) is 35.8 Å². The molecule has 4 heterocycles. The third-order valence-corrected chi connectivity index (χ3v) is 11.9. The van der Waals surface area contributed by atoms with Crippen LogP contribution in [0.1, 0.15) is 94.1 Å². The van der Waals surface area contributed by atoms with Crippen molar-refractivity contribution in [3.8, 4) is 0 Å². The number of hydrogen-bond acceptors (Lipinski definition) is 10. The summed E-state index contributed by atoms with van der Waals surface area (Å²) in [6.07, 6.45) is 2.98. The highest BCUT2D eigenvalue weighted by Gasteiger charge is 2.59. The number of anilines is 1. The second-order valence-corrected chi connectivity index (χ2v) is 16.9. The zero-order valence-electron chi connectivity index (χ0n) is 34.2. The lowest BCUT2D eigenvalue weighted by molar-refractivity contribution is -0.337. The summed E-state index contributed by atoms with van der Waals surface area (Å²) < 4.78 is 71.6. The van der Waals surface area contributed by atoms with Gasteiger partial charge in [-0.1, -0.05) is 39.8 Å². The number of carbonyl (C=O) groups is 3. The minimum Gasteiger partial charge on any atom is -0.453 e. The van der Waals surface area contributed by atoms with Crippen LogP contribution in [-0.2, 0) is 19.0 Å². The maximum Gasteiger partial charge on any atom is 0.523 e. The number of carbonyl (C=O) groups excluding carboxylic acids is 3. The quantitative estimate of drug-likeness (QED) is 0.0750. The van der Waals surface area contributed by atoms with Gasteiger partial charge in [0.25, 0.3) is 5.91 Å². The predicted octanol–water partition coefficient (Wildman–Crippen LogP) is 6.57. The van der Waals surface area contributed by atoms with Crippen molar-refractivity contribution in [2.45, 2.75) is 103 Å². The lowest BCUT2D eigenvalue weighted by Crippen LogP contribution is -2.51. The summed E-state index contributed by atoms with van der Waals surface area (Å²) in [6, 6.07) is 1.96. The normalized spacial score (nSPS) is 25.3. The van der Waals surface area contributed by atoms with E-state index in [4.69, 9.17) is 9.47 Å². The highest BCUT2D eigenvalue weighted by Crippen LogP contribution is 2.58. The minimum atomic E-state index is -5.03. The lowest BCUT2D eigenvalue weighted by atomic mass is 9.86. The smallest absolute Gasteiger partial charge is 0.453 e. The van der Waals surface area contributed by atoms with Crippen LogP contribution in [0.3, 0.4) is 0 Å². The number of imidazole rings is 1. The minimum absolute atomic E-state index is 0.0236. The molecule has 60 heavy (non-hydrogen) atoms. The summed E-state index contributed by atoms with van der Waals surface area (Å²) in [7, 11) is 1.24. The molecule has 2 aromatic heterocycles. The molecular formula is C42H52F4N8O6. The predicted molar refractivity (Wildman–Crippen MR) is 212 cm³/mol. The Hall–Kier alpha value is -5.07. The third-order valence-electron chi connectivity index (χ3n) is 11.9. The molecule has 6 unspecified atom stereocenters. The number of nitrogens with zero attached hydrogens (tertiary/aromatic N) is 3. The fourth-order valence-electron chi connectivity index (χ4n) is 8.26. The van der Waals surface area contributed by atoms with Crippen molar-refractivity contribution in [3.05, 3.63) is 82.5 Å². The number of alkyl carbamates (subject to hydrolysis) is 1. The average molecular weight is 841 g/mol. The van der Waals surface area contributed by atoms with Crippen molar-refractivity contribution < 1.29 is 46.2 Å².